The van der Waals surface area contributed by atoms with Crippen LogP contribution in [0.5, 0.6) is 5.75 Å². The zero-order chi connectivity index (χ0) is 9.42. The molecule has 0 saturated carbocycles. The molecule has 1 aliphatic rings. The number of hydrogen-bond acceptors (Lipinski definition) is 2. The van der Waals surface area contributed by atoms with Gasteiger partial charge in [0.15, 0.2) is 0 Å². The van der Waals surface area contributed by atoms with Crippen molar-refractivity contribution in [2.75, 3.05) is 0 Å². The summed E-state index contributed by atoms with van der Waals surface area (Å²) in [6.07, 6.45) is 0.984. The van der Waals surface area contributed by atoms with Gasteiger partial charge < -0.3 is 10.2 Å². The number of carboxylic acids is 1. The van der Waals surface area contributed by atoms with Crippen LogP contribution in [-0.4, -0.2) is 16.2 Å². The minimum atomic E-state index is -0.779. The van der Waals surface area contributed by atoms with Crippen LogP contribution in [0.1, 0.15) is 23.5 Å². The molecule has 0 aromatic heterocycles. The minimum absolute atomic E-state index is 0.0969. The van der Waals surface area contributed by atoms with E-state index in [4.69, 9.17) is 5.11 Å². The highest BCUT2D eigenvalue weighted by molar-refractivity contribution is 5.69. The average Bonchev–Trinajstić information content (AvgIpc) is 2.04. The fourth-order valence-corrected chi connectivity index (χ4v) is 1.79. The van der Waals surface area contributed by atoms with Crippen LogP contribution in [0.2, 0.25) is 0 Å². The smallest absolute Gasteiger partial charge is 0.303 e. The van der Waals surface area contributed by atoms with Gasteiger partial charge in [0, 0.05) is 0 Å². The molecule has 0 fully saturated rings. The van der Waals surface area contributed by atoms with Gasteiger partial charge in [-0.25, -0.2) is 0 Å². The van der Waals surface area contributed by atoms with Crippen molar-refractivity contribution in [2.24, 2.45) is 0 Å². The van der Waals surface area contributed by atoms with Crippen molar-refractivity contribution >= 4 is 5.97 Å². The van der Waals surface area contributed by atoms with E-state index in [-0.39, 0.29) is 18.1 Å². The number of phenols is 1. The lowest BCUT2D eigenvalue weighted by atomic mass is 9.76. The maximum atomic E-state index is 10.4. The van der Waals surface area contributed by atoms with E-state index in [0.717, 1.165) is 17.5 Å². The molecule has 2 N–H and O–H groups in total. The number of carboxylic acid groups (broad SMARTS) is 1. The Bertz CT molecular complexity index is 357. The molecule has 0 saturated heterocycles. The van der Waals surface area contributed by atoms with E-state index in [9.17, 15) is 9.90 Å². The molecule has 0 spiro atoms. The normalized spacial score (nSPS) is 18.9. The van der Waals surface area contributed by atoms with Crippen LogP contribution in [0.25, 0.3) is 0 Å². The van der Waals surface area contributed by atoms with Crippen LogP contribution in [0, 0.1) is 0 Å². The first-order valence-corrected chi connectivity index (χ1v) is 4.20. The quantitative estimate of drug-likeness (QED) is 0.721. The third-order valence-electron chi connectivity index (χ3n) is 2.46. The number of carbonyl (C=O) groups is 1. The number of phenolic OH excluding ortho intramolecular Hbond substituents is 1. The van der Waals surface area contributed by atoms with Crippen LogP contribution in [0.3, 0.4) is 0 Å². The molecule has 3 nitrogen and oxygen atoms in total. The summed E-state index contributed by atoms with van der Waals surface area (Å²) in [6, 6.07) is 5.14. The Morgan fingerprint density at radius 3 is 3.00 bits per heavy atom. The molecule has 0 bridgehead atoms. The molecule has 0 radical (unpaired) electrons. The van der Waals surface area contributed by atoms with Crippen LogP contribution in [0.4, 0.5) is 0 Å². The SMILES string of the molecule is O=C(O)CC1Cc2ccc(O)cc21. The van der Waals surface area contributed by atoms with Crippen molar-refractivity contribution in [3.63, 3.8) is 0 Å². The molecule has 0 heterocycles. The van der Waals surface area contributed by atoms with E-state index in [1.54, 1.807) is 12.1 Å². The molecule has 0 amide bonds. The van der Waals surface area contributed by atoms with Crippen molar-refractivity contribution in [3.8, 4) is 5.75 Å². The number of aliphatic carboxylic acids is 1. The summed E-state index contributed by atoms with van der Waals surface area (Å²) in [5.41, 5.74) is 2.14. The zero-order valence-corrected chi connectivity index (χ0v) is 7.03. The number of rotatable bonds is 2. The number of fused-ring (bicyclic) bond motifs is 1. The Hall–Kier alpha value is -1.51. The van der Waals surface area contributed by atoms with Gasteiger partial charge in [0.25, 0.3) is 0 Å². The molecular weight excluding hydrogens is 168 g/mol. The molecule has 1 aliphatic carbocycles. The largest absolute Gasteiger partial charge is 0.508 e. The summed E-state index contributed by atoms with van der Waals surface area (Å²) in [4.78, 5) is 10.4. The summed E-state index contributed by atoms with van der Waals surface area (Å²) in [6.45, 7) is 0. The fraction of sp³-hybridized carbons (Fsp3) is 0.300. The molecule has 1 atom stereocenters. The molecule has 2 rings (SSSR count). The van der Waals surface area contributed by atoms with Gasteiger partial charge in [-0.2, -0.15) is 0 Å². The van der Waals surface area contributed by atoms with Gasteiger partial charge in [0.1, 0.15) is 5.75 Å². The van der Waals surface area contributed by atoms with Gasteiger partial charge in [-0.15, -0.1) is 0 Å². The Morgan fingerprint density at radius 2 is 2.31 bits per heavy atom. The van der Waals surface area contributed by atoms with E-state index in [0.29, 0.717) is 0 Å². The summed E-state index contributed by atoms with van der Waals surface area (Å²) in [7, 11) is 0. The topological polar surface area (TPSA) is 57.5 Å². The van der Waals surface area contributed by atoms with E-state index in [2.05, 4.69) is 0 Å². The summed E-state index contributed by atoms with van der Waals surface area (Å²) >= 11 is 0. The highest BCUT2D eigenvalue weighted by atomic mass is 16.4. The molecule has 13 heavy (non-hydrogen) atoms. The van der Waals surface area contributed by atoms with Crippen molar-refractivity contribution < 1.29 is 15.0 Å². The maximum absolute atomic E-state index is 10.4. The van der Waals surface area contributed by atoms with Crippen LogP contribution < -0.4 is 0 Å². The predicted octanol–water partition coefficient (Wildman–Crippen LogP) is 1.51. The molecule has 1 unspecified atom stereocenters. The van der Waals surface area contributed by atoms with E-state index >= 15 is 0 Å². The Balaban J connectivity index is 2.20. The van der Waals surface area contributed by atoms with Crippen molar-refractivity contribution in [3.05, 3.63) is 29.3 Å². The second kappa shape index (κ2) is 2.76. The molecule has 0 aliphatic heterocycles. The first-order chi connectivity index (χ1) is 6.16. The maximum Gasteiger partial charge on any atom is 0.303 e. The second-order valence-electron chi connectivity index (χ2n) is 3.38. The van der Waals surface area contributed by atoms with E-state index in [1.807, 2.05) is 6.07 Å². The lowest BCUT2D eigenvalue weighted by molar-refractivity contribution is -0.137. The number of hydrogen-bond donors (Lipinski definition) is 2. The third kappa shape index (κ3) is 1.37. The highest BCUT2D eigenvalue weighted by Gasteiger charge is 2.27. The summed E-state index contributed by atoms with van der Waals surface area (Å²) in [5.74, 6) is -0.465. The third-order valence-corrected chi connectivity index (χ3v) is 2.46. The summed E-state index contributed by atoms with van der Waals surface area (Å²) < 4.78 is 0. The minimum Gasteiger partial charge on any atom is -0.508 e. The van der Waals surface area contributed by atoms with Crippen molar-refractivity contribution in [2.45, 2.75) is 18.8 Å². The van der Waals surface area contributed by atoms with Gasteiger partial charge in [-0.3, -0.25) is 4.79 Å². The molecule has 3 heteroatoms. The van der Waals surface area contributed by atoms with Gasteiger partial charge >= 0.3 is 5.97 Å². The number of aromatic hydroxyl groups is 1. The molecular formula is C10H10O3. The van der Waals surface area contributed by atoms with Crippen molar-refractivity contribution in [1.82, 2.24) is 0 Å². The second-order valence-corrected chi connectivity index (χ2v) is 3.38. The van der Waals surface area contributed by atoms with Crippen LogP contribution in [0.15, 0.2) is 18.2 Å². The van der Waals surface area contributed by atoms with E-state index < -0.39 is 5.97 Å². The lowest BCUT2D eigenvalue weighted by Crippen LogP contribution is -2.19. The first-order valence-electron chi connectivity index (χ1n) is 4.20. The molecule has 1 aromatic rings. The molecule has 1 aromatic carbocycles. The van der Waals surface area contributed by atoms with Gasteiger partial charge in [0.2, 0.25) is 0 Å². The van der Waals surface area contributed by atoms with Crippen molar-refractivity contribution in [1.29, 1.82) is 0 Å². The van der Waals surface area contributed by atoms with Gasteiger partial charge in [-0.1, -0.05) is 6.07 Å². The average molecular weight is 178 g/mol. The fourth-order valence-electron chi connectivity index (χ4n) is 1.79. The highest BCUT2D eigenvalue weighted by Crippen LogP contribution is 2.39. The Morgan fingerprint density at radius 1 is 1.54 bits per heavy atom. The monoisotopic (exact) mass is 178 g/mol. The first kappa shape index (κ1) is 8.10. The van der Waals surface area contributed by atoms with Gasteiger partial charge in [0.05, 0.1) is 6.42 Å². The lowest BCUT2D eigenvalue weighted by Gasteiger charge is -2.28. The molecule has 68 valence electrons. The van der Waals surface area contributed by atoms with Crippen LogP contribution in [-0.2, 0) is 11.2 Å². The Labute approximate surface area is 75.6 Å². The van der Waals surface area contributed by atoms with E-state index in [1.165, 1.54) is 0 Å². The number of benzene rings is 1. The standard InChI is InChI=1S/C10H10O3/c11-8-2-1-6-3-7(4-10(12)13)9(6)5-8/h1-2,5,7,11H,3-4H2,(H,12,13). The Kier molecular flexibility index (Phi) is 1.72. The summed E-state index contributed by atoms with van der Waals surface area (Å²) in [5, 5.41) is 17.8. The van der Waals surface area contributed by atoms with Gasteiger partial charge in [-0.05, 0) is 35.6 Å². The predicted molar refractivity (Wildman–Crippen MR) is 46.8 cm³/mol. The zero-order valence-electron chi connectivity index (χ0n) is 7.03. The van der Waals surface area contributed by atoms with Crippen LogP contribution >= 0.6 is 0 Å².